The third-order valence-electron chi connectivity index (χ3n) is 3.20. The molecule has 0 radical (unpaired) electrons. The van der Waals surface area contributed by atoms with Gasteiger partial charge in [-0.05, 0) is 53.0 Å². The van der Waals surface area contributed by atoms with E-state index in [1.54, 1.807) is 6.20 Å². The van der Waals surface area contributed by atoms with Gasteiger partial charge in [-0.15, -0.1) is 0 Å². The predicted octanol–water partition coefficient (Wildman–Crippen LogP) is 3.54. The zero-order valence-corrected chi connectivity index (χ0v) is 12.0. The van der Waals surface area contributed by atoms with Gasteiger partial charge < -0.3 is 4.74 Å². The second-order valence-corrected chi connectivity index (χ2v) is 5.54. The van der Waals surface area contributed by atoms with Crippen LogP contribution in [0.5, 0.6) is 5.88 Å². The number of aryl methyl sites for hydroxylation is 1. The van der Waals surface area contributed by atoms with Crippen LogP contribution in [0.2, 0.25) is 0 Å². The van der Waals surface area contributed by atoms with Gasteiger partial charge in [-0.25, -0.2) is 9.97 Å². The molecule has 0 bridgehead atoms. The van der Waals surface area contributed by atoms with E-state index in [0.29, 0.717) is 5.88 Å². The summed E-state index contributed by atoms with van der Waals surface area (Å²) in [6.45, 7) is 0. The quantitative estimate of drug-likeness (QED) is 0.776. The Balaban J connectivity index is 1.89. The van der Waals surface area contributed by atoms with Crippen molar-refractivity contribution in [2.45, 2.75) is 25.4 Å². The fourth-order valence-corrected chi connectivity index (χ4v) is 2.78. The largest absolute Gasteiger partial charge is 0.469 e. The van der Waals surface area contributed by atoms with Crippen LogP contribution in [0.15, 0.2) is 36.8 Å². The maximum absolute atomic E-state index is 6.05. The van der Waals surface area contributed by atoms with Crippen LogP contribution in [-0.4, -0.2) is 9.97 Å². The zero-order valence-electron chi connectivity index (χ0n) is 9.84. The fraction of sp³-hybridized carbons (Fsp3) is 0.286. The maximum Gasteiger partial charge on any atom is 0.230 e. The van der Waals surface area contributed by atoms with Crippen molar-refractivity contribution in [1.82, 2.24) is 9.97 Å². The standard InChI is InChI=1S/C14H13IN2O/c15-12-8-16-9-17-14(12)18-13-7-3-5-10-4-1-2-6-11(10)13/h1-2,4,6,8-9,13H,3,5,7H2. The molecule has 0 saturated carbocycles. The summed E-state index contributed by atoms with van der Waals surface area (Å²) >= 11 is 2.21. The number of rotatable bonds is 2. The summed E-state index contributed by atoms with van der Waals surface area (Å²) < 4.78 is 7.01. The zero-order chi connectivity index (χ0) is 12.4. The van der Waals surface area contributed by atoms with E-state index in [9.17, 15) is 0 Å². The van der Waals surface area contributed by atoms with Crippen molar-refractivity contribution in [2.75, 3.05) is 0 Å². The average Bonchev–Trinajstić information content (AvgIpc) is 2.42. The summed E-state index contributed by atoms with van der Waals surface area (Å²) in [5, 5.41) is 0. The van der Waals surface area contributed by atoms with Crippen LogP contribution in [0.4, 0.5) is 0 Å². The van der Waals surface area contributed by atoms with E-state index in [0.717, 1.165) is 16.4 Å². The van der Waals surface area contributed by atoms with Crippen molar-refractivity contribution in [3.63, 3.8) is 0 Å². The van der Waals surface area contributed by atoms with Gasteiger partial charge in [0.15, 0.2) is 0 Å². The fourth-order valence-electron chi connectivity index (χ4n) is 2.35. The van der Waals surface area contributed by atoms with Crippen LogP contribution in [0, 0.1) is 3.57 Å². The number of aromatic nitrogens is 2. The third-order valence-corrected chi connectivity index (χ3v) is 3.94. The highest BCUT2D eigenvalue weighted by atomic mass is 127. The summed E-state index contributed by atoms with van der Waals surface area (Å²) in [5.74, 6) is 0.687. The van der Waals surface area contributed by atoms with Gasteiger partial charge in [-0.1, -0.05) is 24.3 Å². The van der Waals surface area contributed by atoms with Crippen LogP contribution in [0.1, 0.15) is 30.1 Å². The molecular formula is C14H13IN2O. The van der Waals surface area contributed by atoms with Crippen molar-refractivity contribution in [2.24, 2.45) is 0 Å². The molecule has 0 fully saturated rings. The van der Waals surface area contributed by atoms with Gasteiger partial charge >= 0.3 is 0 Å². The highest BCUT2D eigenvalue weighted by Gasteiger charge is 2.22. The highest BCUT2D eigenvalue weighted by molar-refractivity contribution is 14.1. The monoisotopic (exact) mass is 352 g/mol. The normalized spacial score (nSPS) is 18.2. The third kappa shape index (κ3) is 2.34. The molecule has 1 aromatic heterocycles. The minimum absolute atomic E-state index is 0.123. The summed E-state index contributed by atoms with van der Waals surface area (Å²) in [5.41, 5.74) is 2.70. The maximum atomic E-state index is 6.05. The molecule has 1 heterocycles. The van der Waals surface area contributed by atoms with Gasteiger partial charge in [-0.3, -0.25) is 0 Å². The highest BCUT2D eigenvalue weighted by Crippen LogP contribution is 2.33. The number of fused-ring (bicyclic) bond motifs is 1. The van der Waals surface area contributed by atoms with Gasteiger partial charge in [0.25, 0.3) is 0 Å². The lowest BCUT2D eigenvalue weighted by atomic mass is 9.89. The summed E-state index contributed by atoms with van der Waals surface area (Å²) in [6, 6.07) is 8.52. The lowest BCUT2D eigenvalue weighted by molar-refractivity contribution is 0.174. The van der Waals surface area contributed by atoms with Gasteiger partial charge in [-0.2, -0.15) is 0 Å². The van der Waals surface area contributed by atoms with E-state index in [-0.39, 0.29) is 6.10 Å². The van der Waals surface area contributed by atoms with E-state index >= 15 is 0 Å². The number of nitrogens with zero attached hydrogens (tertiary/aromatic N) is 2. The molecule has 0 spiro atoms. The number of halogens is 1. The van der Waals surface area contributed by atoms with E-state index in [4.69, 9.17) is 4.74 Å². The summed E-state index contributed by atoms with van der Waals surface area (Å²) in [6.07, 6.45) is 6.81. The topological polar surface area (TPSA) is 35.0 Å². The molecule has 0 amide bonds. The van der Waals surface area contributed by atoms with Gasteiger partial charge in [0.05, 0.1) is 3.57 Å². The first-order chi connectivity index (χ1) is 8.84. The second-order valence-electron chi connectivity index (χ2n) is 4.37. The molecule has 1 aromatic carbocycles. The molecule has 1 aliphatic carbocycles. The number of hydrogen-bond acceptors (Lipinski definition) is 3. The van der Waals surface area contributed by atoms with Crippen molar-refractivity contribution in [1.29, 1.82) is 0 Å². The van der Waals surface area contributed by atoms with Crippen molar-refractivity contribution < 1.29 is 4.74 Å². The Labute approximate surface area is 120 Å². The predicted molar refractivity (Wildman–Crippen MR) is 77.5 cm³/mol. The van der Waals surface area contributed by atoms with E-state index < -0.39 is 0 Å². The van der Waals surface area contributed by atoms with Gasteiger partial charge in [0, 0.05) is 6.20 Å². The lowest BCUT2D eigenvalue weighted by Gasteiger charge is -2.25. The van der Waals surface area contributed by atoms with Crippen molar-refractivity contribution in [3.05, 3.63) is 51.5 Å². The molecule has 92 valence electrons. The van der Waals surface area contributed by atoms with Crippen LogP contribution in [0.25, 0.3) is 0 Å². The van der Waals surface area contributed by atoms with E-state index in [1.165, 1.54) is 23.9 Å². The van der Waals surface area contributed by atoms with Crippen LogP contribution < -0.4 is 4.74 Å². The van der Waals surface area contributed by atoms with Crippen LogP contribution >= 0.6 is 22.6 Å². The Morgan fingerprint density at radius 1 is 1.28 bits per heavy atom. The van der Waals surface area contributed by atoms with Crippen molar-refractivity contribution >= 4 is 22.6 Å². The van der Waals surface area contributed by atoms with Crippen molar-refractivity contribution in [3.8, 4) is 5.88 Å². The Kier molecular flexibility index (Phi) is 3.45. The number of hydrogen-bond donors (Lipinski definition) is 0. The Morgan fingerprint density at radius 2 is 2.17 bits per heavy atom. The van der Waals surface area contributed by atoms with Gasteiger partial charge in [0.1, 0.15) is 12.4 Å². The summed E-state index contributed by atoms with van der Waals surface area (Å²) in [4.78, 5) is 8.19. The molecule has 1 atom stereocenters. The Hall–Kier alpha value is -1.17. The molecule has 3 rings (SSSR count). The average molecular weight is 352 g/mol. The number of ether oxygens (including phenoxy) is 1. The molecule has 0 aliphatic heterocycles. The molecule has 2 aromatic rings. The first-order valence-electron chi connectivity index (χ1n) is 6.04. The molecule has 0 N–H and O–H groups in total. The smallest absolute Gasteiger partial charge is 0.230 e. The second kappa shape index (κ2) is 5.22. The Bertz CT molecular complexity index is 559. The first kappa shape index (κ1) is 11.9. The molecule has 1 aliphatic rings. The lowest BCUT2D eigenvalue weighted by Crippen LogP contribution is -2.16. The van der Waals surface area contributed by atoms with E-state index in [1.807, 2.05) is 0 Å². The SMILES string of the molecule is Ic1cncnc1OC1CCCc2ccccc21. The molecule has 0 saturated heterocycles. The van der Waals surface area contributed by atoms with Crippen LogP contribution in [-0.2, 0) is 6.42 Å². The van der Waals surface area contributed by atoms with Crippen LogP contribution in [0.3, 0.4) is 0 Å². The molecule has 3 nitrogen and oxygen atoms in total. The van der Waals surface area contributed by atoms with E-state index in [2.05, 4.69) is 56.8 Å². The van der Waals surface area contributed by atoms with Gasteiger partial charge in [0.2, 0.25) is 5.88 Å². The number of benzene rings is 1. The minimum atomic E-state index is 0.123. The Morgan fingerprint density at radius 3 is 3.06 bits per heavy atom. The molecular weight excluding hydrogens is 339 g/mol. The molecule has 18 heavy (non-hydrogen) atoms. The first-order valence-corrected chi connectivity index (χ1v) is 7.12. The molecule has 1 unspecified atom stereocenters. The minimum Gasteiger partial charge on any atom is -0.469 e. The summed E-state index contributed by atoms with van der Waals surface area (Å²) in [7, 11) is 0. The molecule has 4 heteroatoms.